The van der Waals surface area contributed by atoms with Gasteiger partial charge in [-0.1, -0.05) is 19.4 Å². The molecule has 0 aliphatic heterocycles. The quantitative estimate of drug-likeness (QED) is 0.442. The highest BCUT2D eigenvalue weighted by molar-refractivity contribution is 6.32. The number of carbonyl (C=O) groups is 5. The fourth-order valence-electron chi connectivity index (χ4n) is 6.19. The summed E-state index contributed by atoms with van der Waals surface area (Å²) in [7, 11) is 3.16. The third kappa shape index (κ3) is 3.63. The lowest BCUT2D eigenvalue weighted by molar-refractivity contribution is -0.181. The van der Waals surface area contributed by atoms with Gasteiger partial charge in [0, 0.05) is 5.92 Å². The Kier molecular flexibility index (Phi) is 6.44. The van der Waals surface area contributed by atoms with Crippen LogP contribution in [0.1, 0.15) is 47.7 Å². The van der Waals surface area contributed by atoms with Crippen LogP contribution in [0.5, 0.6) is 5.75 Å². The zero-order valence-corrected chi connectivity index (χ0v) is 20.5. The van der Waals surface area contributed by atoms with Crippen LogP contribution in [0.2, 0.25) is 0 Å². The topological polar surface area (TPSA) is 144 Å². The summed E-state index contributed by atoms with van der Waals surface area (Å²) in [5.74, 6) is -9.01. The fraction of sp³-hybridized carbons (Fsp3) is 0.577. The molecule has 3 N–H and O–H groups in total. The number of amides is 1. The summed E-state index contributed by atoms with van der Waals surface area (Å²) in [4.78, 5) is 67.6. The highest BCUT2D eigenvalue weighted by Crippen LogP contribution is 2.51. The van der Waals surface area contributed by atoms with E-state index >= 15 is 0 Å². The van der Waals surface area contributed by atoms with Crippen molar-refractivity contribution in [1.82, 2.24) is 4.90 Å². The van der Waals surface area contributed by atoms with Crippen LogP contribution in [0.3, 0.4) is 0 Å². The molecule has 3 aliphatic rings. The maximum Gasteiger partial charge on any atom is 0.235 e. The van der Waals surface area contributed by atoms with Crippen molar-refractivity contribution in [3.8, 4) is 5.75 Å². The SMILES string of the molecule is CCCCOc1ccc(C)c2c1C(=O)C1C(=O)[C@]3(O)C(=O)C(C(N)=O)C(=O)[C@@H](N(C)C)[C@@H]3C[C@@H]1C2. The first-order valence-corrected chi connectivity index (χ1v) is 12.1. The molecule has 4 rings (SSSR count). The van der Waals surface area contributed by atoms with Crippen LogP contribution in [0.4, 0.5) is 0 Å². The fourth-order valence-corrected chi connectivity index (χ4v) is 6.19. The van der Waals surface area contributed by atoms with Gasteiger partial charge in [0.25, 0.3) is 0 Å². The summed E-state index contributed by atoms with van der Waals surface area (Å²) in [6.07, 6.45) is 2.19. The molecule has 2 saturated carbocycles. The Hall–Kier alpha value is -2.91. The number of aliphatic hydroxyl groups is 1. The van der Waals surface area contributed by atoms with E-state index in [0.717, 1.165) is 24.0 Å². The summed E-state index contributed by atoms with van der Waals surface area (Å²) >= 11 is 0. The molecule has 0 heterocycles. The molecule has 1 aromatic carbocycles. The monoisotopic (exact) mass is 484 g/mol. The van der Waals surface area contributed by atoms with E-state index in [0.29, 0.717) is 24.3 Å². The minimum atomic E-state index is -2.65. The van der Waals surface area contributed by atoms with Crippen LogP contribution in [0, 0.1) is 30.6 Å². The molecule has 2 fully saturated rings. The number of aryl methyl sites for hydroxylation is 1. The number of primary amides is 1. The number of ketones is 4. The molecular weight excluding hydrogens is 452 g/mol. The van der Waals surface area contributed by atoms with E-state index in [4.69, 9.17) is 10.5 Å². The largest absolute Gasteiger partial charge is 0.493 e. The normalized spacial score (nSPS) is 32.2. The average Bonchev–Trinajstić information content (AvgIpc) is 2.77. The first kappa shape index (κ1) is 25.2. The maximum atomic E-state index is 13.8. The molecule has 0 radical (unpaired) electrons. The van der Waals surface area contributed by atoms with Crippen LogP contribution < -0.4 is 10.5 Å². The number of fused-ring (bicyclic) bond motifs is 3. The molecule has 2 unspecified atom stereocenters. The minimum Gasteiger partial charge on any atom is -0.493 e. The van der Waals surface area contributed by atoms with Crippen LogP contribution in [-0.4, -0.2) is 71.4 Å². The second kappa shape index (κ2) is 8.95. The van der Waals surface area contributed by atoms with Crippen LogP contribution in [0.15, 0.2) is 12.1 Å². The predicted molar refractivity (Wildman–Crippen MR) is 125 cm³/mol. The molecule has 188 valence electrons. The van der Waals surface area contributed by atoms with Gasteiger partial charge in [-0.25, -0.2) is 0 Å². The van der Waals surface area contributed by atoms with E-state index in [-0.39, 0.29) is 6.42 Å². The molecule has 1 amide bonds. The number of carbonyl (C=O) groups excluding carboxylic acids is 5. The Bertz CT molecular complexity index is 1130. The zero-order chi connectivity index (χ0) is 25.8. The molecule has 1 aromatic rings. The highest BCUT2D eigenvalue weighted by atomic mass is 16.5. The summed E-state index contributed by atoms with van der Waals surface area (Å²) in [6.45, 7) is 4.32. The number of unbranched alkanes of at least 4 members (excludes halogenated alkanes) is 1. The van der Waals surface area contributed by atoms with Gasteiger partial charge in [-0.05, 0) is 63.4 Å². The van der Waals surface area contributed by atoms with Gasteiger partial charge in [0.05, 0.1) is 24.1 Å². The second-order valence-corrected chi connectivity index (χ2v) is 10.2. The predicted octanol–water partition coefficient (Wildman–Crippen LogP) is 0.649. The highest BCUT2D eigenvalue weighted by Gasteiger charge is 2.69. The van der Waals surface area contributed by atoms with Crippen LogP contribution >= 0.6 is 0 Å². The Morgan fingerprint density at radius 3 is 2.49 bits per heavy atom. The van der Waals surface area contributed by atoms with Crippen molar-refractivity contribution < 1.29 is 33.8 Å². The first-order valence-electron chi connectivity index (χ1n) is 12.1. The van der Waals surface area contributed by atoms with Crippen molar-refractivity contribution in [3.63, 3.8) is 0 Å². The molecule has 0 bridgehead atoms. The van der Waals surface area contributed by atoms with Crippen LogP contribution in [-0.2, 0) is 25.6 Å². The average molecular weight is 485 g/mol. The van der Waals surface area contributed by atoms with E-state index < -0.39 is 64.4 Å². The number of Topliss-reactive ketones (excluding diaryl/α,β-unsaturated/α-hetero) is 4. The minimum absolute atomic E-state index is 0.101. The molecule has 0 saturated heterocycles. The molecule has 0 spiro atoms. The summed E-state index contributed by atoms with van der Waals surface area (Å²) in [5, 5.41) is 11.6. The molecule has 9 heteroatoms. The number of nitrogens with two attached hydrogens (primary N) is 1. The van der Waals surface area contributed by atoms with E-state index in [1.54, 1.807) is 20.2 Å². The molecule has 0 aromatic heterocycles. The number of hydrogen-bond donors (Lipinski definition) is 2. The molecule has 35 heavy (non-hydrogen) atoms. The van der Waals surface area contributed by atoms with Gasteiger partial charge < -0.3 is 15.6 Å². The molecule has 6 atom stereocenters. The molecule has 9 nitrogen and oxygen atoms in total. The van der Waals surface area contributed by atoms with Crippen molar-refractivity contribution in [2.75, 3.05) is 20.7 Å². The van der Waals surface area contributed by atoms with Crippen molar-refractivity contribution in [2.45, 2.75) is 51.2 Å². The van der Waals surface area contributed by atoms with Gasteiger partial charge in [0.1, 0.15) is 5.75 Å². The van der Waals surface area contributed by atoms with Gasteiger partial charge in [-0.3, -0.25) is 28.9 Å². The zero-order valence-electron chi connectivity index (χ0n) is 20.5. The number of likely N-dealkylation sites (N-methyl/N-ethyl adjacent to an activating group) is 1. The summed E-state index contributed by atoms with van der Waals surface area (Å²) in [6, 6.07) is 2.52. The Labute approximate surface area is 204 Å². The smallest absolute Gasteiger partial charge is 0.235 e. The van der Waals surface area contributed by atoms with Crippen molar-refractivity contribution >= 4 is 29.0 Å². The first-order chi connectivity index (χ1) is 16.5. The standard InChI is InChI=1S/C26H32N2O7/c1-5-6-9-35-16-8-7-12(2)14-10-13-11-15-20(28(3)4)22(30)19(25(27)33)24(32)26(15,34)23(31)17(13)21(29)18(14)16/h7-8,13,15,17,19-20,34H,5-6,9-11H2,1-4H3,(H2,27,33)/t13-,15-,17?,19?,20-,26-/m0/s1. The van der Waals surface area contributed by atoms with Gasteiger partial charge in [0.15, 0.2) is 34.7 Å². The summed E-state index contributed by atoms with van der Waals surface area (Å²) in [5.41, 5.74) is 4.68. The van der Waals surface area contributed by atoms with E-state index in [9.17, 15) is 29.1 Å². The van der Waals surface area contributed by atoms with E-state index in [1.807, 2.05) is 19.9 Å². The summed E-state index contributed by atoms with van der Waals surface area (Å²) < 4.78 is 5.88. The number of nitrogens with zero attached hydrogens (tertiary/aromatic N) is 1. The Morgan fingerprint density at radius 1 is 1.20 bits per heavy atom. The molecule has 3 aliphatic carbocycles. The van der Waals surface area contributed by atoms with Crippen molar-refractivity contribution in [2.24, 2.45) is 29.4 Å². The van der Waals surface area contributed by atoms with Crippen LogP contribution in [0.25, 0.3) is 0 Å². The molecular formula is C26H32N2O7. The van der Waals surface area contributed by atoms with E-state index in [1.165, 1.54) is 4.90 Å². The third-order valence-corrected chi connectivity index (χ3v) is 7.92. The van der Waals surface area contributed by atoms with Crippen molar-refractivity contribution in [3.05, 3.63) is 28.8 Å². The van der Waals surface area contributed by atoms with Crippen molar-refractivity contribution in [1.29, 1.82) is 0 Å². The van der Waals surface area contributed by atoms with Gasteiger partial charge in [-0.2, -0.15) is 0 Å². The van der Waals surface area contributed by atoms with Gasteiger partial charge >= 0.3 is 0 Å². The lowest BCUT2D eigenvalue weighted by Crippen LogP contribution is -2.74. The Balaban J connectivity index is 1.82. The number of rotatable bonds is 6. The van der Waals surface area contributed by atoms with Gasteiger partial charge in [-0.15, -0.1) is 0 Å². The third-order valence-electron chi connectivity index (χ3n) is 7.92. The lowest BCUT2D eigenvalue weighted by Gasteiger charge is -2.52. The lowest BCUT2D eigenvalue weighted by atomic mass is 9.52. The second-order valence-electron chi connectivity index (χ2n) is 10.2. The number of ether oxygens (including phenoxy) is 1. The maximum absolute atomic E-state index is 13.8. The van der Waals surface area contributed by atoms with Gasteiger partial charge in [0.2, 0.25) is 5.91 Å². The number of benzene rings is 1. The Morgan fingerprint density at radius 2 is 1.89 bits per heavy atom. The number of hydrogen-bond acceptors (Lipinski definition) is 8. The van der Waals surface area contributed by atoms with E-state index in [2.05, 4.69) is 0 Å².